The molecule has 0 spiro atoms. The molecule has 3 atom stereocenters. The summed E-state index contributed by atoms with van der Waals surface area (Å²) in [4.78, 5) is 28.5. The molecule has 0 radical (unpaired) electrons. The molecule has 3 aliphatic rings. The van der Waals surface area contributed by atoms with Crippen molar-refractivity contribution in [1.82, 2.24) is 4.90 Å². The highest BCUT2D eigenvalue weighted by molar-refractivity contribution is 6.35. The summed E-state index contributed by atoms with van der Waals surface area (Å²) < 4.78 is 6.46. The molecule has 1 aliphatic carbocycles. The molecule has 0 saturated carbocycles. The Kier molecular flexibility index (Phi) is 5.68. The predicted octanol–water partition coefficient (Wildman–Crippen LogP) is 4.39. The number of aliphatic hydroxyl groups is 1. The number of carbonyl (C=O) groups excluding carboxylic acids is 2. The number of amides is 2. The van der Waals surface area contributed by atoms with Crippen LogP contribution >= 0.6 is 23.2 Å². The zero-order valence-electron chi connectivity index (χ0n) is 18.6. The second kappa shape index (κ2) is 8.27. The van der Waals surface area contributed by atoms with E-state index in [4.69, 9.17) is 27.9 Å². The smallest absolute Gasteiger partial charge is 0.239 e. The van der Waals surface area contributed by atoms with Gasteiger partial charge in [-0.1, -0.05) is 37.0 Å². The number of aliphatic hydroxyl groups excluding tert-OH is 1. The minimum absolute atomic E-state index is 0.0235. The molecule has 33 heavy (non-hydrogen) atoms. The molecule has 2 aliphatic heterocycles. The molecule has 0 aromatic heterocycles. The largest absolute Gasteiger partial charge is 0.484 e. The van der Waals surface area contributed by atoms with Crippen molar-refractivity contribution >= 4 is 40.7 Å². The lowest BCUT2D eigenvalue weighted by Gasteiger charge is -2.30. The fraction of sp³-hybridized carbons (Fsp3) is 0.440. The fourth-order valence-electron chi connectivity index (χ4n) is 5.18. The van der Waals surface area contributed by atoms with Gasteiger partial charge in [-0.15, -0.1) is 0 Å². The first kappa shape index (κ1) is 22.7. The van der Waals surface area contributed by atoms with Crippen molar-refractivity contribution < 1.29 is 19.4 Å². The first-order valence-corrected chi connectivity index (χ1v) is 11.9. The molecule has 2 fully saturated rings. The number of rotatable bonds is 4. The third-order valence-corrected chi connectivity index (χ3v) is 7.47. The first-order chi connectivity index (χ1) is 15.6. The summed E-state index contributed by atoms with van der Waals surface area (Å²) >= 11 is 12.8. The summed E-state index contributed by atoms with van der Waals surface area (Å²) in [7, 11) is 0. The molecule has 8 heteroatoms. The van der Waals surface area contributed by atoms with Crippen LogP contribution in [0.2, 0.25) is 10.0 Å². The van der Waals surface area contributed by atoms with E-state index >= 15 is 0 Å². The van der Waals surface area contributed by atoms with Gasteiger partial charge in [0.2, 0.25) is 11.8 Å². The van der Waals surface area contributed by atoms with Gasteiger partial charge in [0.1, 0.15) is 11.9 Å². The summed E-state index contributed by atoms with van der Waals surface area (Å²) in [6.07, 6.45) is 1.01. The van der Waals surface area contributed by atoms with E-state index in [-0.39, 0.29) is 36.5 Å². The van der Waals surface area contributed by atoms with Gasteiger partial charge in [-0.2, -0.15) is 0 Å². The van der Waals surface area contributed by atoms with E-state index in [9.17, 15) is 14.7 Å². The number of ether oxygens (including phenoxy) is 1. The quantitative estimate of drug-likeness (QED) is 0.646. The highest BCUT2D eigenvalue weighted by Gasteiger charge is 2.45. The molecule has 2 amide bonds. The number of β-amino-alcohol motifs (C(OH)–C–C–N with tert-alkyl or cyclic N) is 1. The summed E-state index contributed by atoms with van der Waals surface area (Å²) in [6, 6.07) is 10.7. The van der Waals surface area contributed by atoms with Crippen LogP contribution in [0.5, 0.6) is 5.75 Å². The number of nitrogens with zero attached hydrogens (tertiary/aromatic N) is 2. The van der Waals surface area contributed by atoms with Gasteiger partial charge < -0.3 is 9.84 Å². The van der Waals surface area contributed by atoms with Crippen molar-refractivity contribution in [3.8, 4) is 5.75 Å². The maximum absolute atomic E-state index is 12.6. The van der Waals surface area contributed by atoms with Crippen molar-refractivity contribution in [3.63, 3.8) is 0 Å². The molecule has 1 N–H and O–H groups in total. The summed E-state index contributed by atoms with van der Waals surface area (Å²) in [5.41, 5.74) is 1.82. The third kappa shape index (κ3) is 4.03. The highest BCUT2D eigenvalue weighted by atomic mass is 35.5. The SMILES string of the molecule is CC1(C)CC(=O)N(c2ccc(O[C@H]3c4cc(Cl)cc(Cl)c4C[C@@H]3N3CC[C@@H](O)C3)cc2)C1=O. The van der Waals surface area contributed by atoms with Gasteiger partial charge in [0.25, 0.3) is 0 Å². The Hall–Kier alpha value is -2.12. The molecule has 2 heterocycles. The molecule has 0 bridgehead atoms. The molecule has 0 unspecified atom stereocenters. The molecule has 6 nitrogen and oxygen atoms in total. The van der Waals surface area contributed by atoms with E-state index in [1.54, 1.807) is 44.2 Å². The van der Waals surface area contributed by atoms with Crippen molar-refractivity contribution in [1.29, 1.82) is 0 Å². The number of hydrogen-bond donors (Lipinski definition) is 1. The molecular weight excluding hydrogens is 463 g/mol. The molecule has 2 aromatic carbocycles. The van der Waals surface area contributed by atoms with Crippen LogP contribution in [0, 0.1) is 5.41 Å². The van der Waals surface area contributed by atoms with Gasteiger partial charge in [0.15, 0.2) is 0 Å². The standard InChI is InChI=1S/C25H26Cl2N2O4/c1-25(2)12-22(31)29(24(25)32)15-3-5-17(6-4-15)33-23-19-9-14(26)10-20(27)18(19)11-21(23)28-8-7-16(30)13-28/h3-6,9-10,16,21,23,30H,7-8,11-13H2,1-2H3/t16-,21+,23+/m1/s1. The molecule has 5 rings (SSSR count). The van der Waals surface area contributed by atoms with Crippen LogP contribution in [0.3, 0.4) is 0 Å². The molecule has 2 saturated heterocycles. The van der Waals surface area contributed by atoms with Crippen LogP contribution in [0.15, 0.2) is 36.4 Å². The van der Waals surface area contributed by atoms with E-state index < -0.39 is 5.41 Å². The topological polar surface area (TPSA) is 70.1 Å². The van der Waals surface area contributed by atoms with Gasteiger partial charge in [-0.25, -0.2) is 0 Å². The number of benzene rings is 2. The zero-order valence-corrected chi connectivity index (χ0v) is 20.1. The second-order valence-electron chi connectivity index (χ2n) is 9.79. The normalized spacial score (nSPS) is 26.8. The lowest BCUT2D eigenvalue weighted by molar-refractivity contribution is -0.124. The fourth-order valence-corrected chi connectivity index (χ4v) is 5.76. The predicted molar refractivity (Wildman–Crippen MR) is 127 cm³/mol. The van der Waals surface area contributed by atoms with E-state index in [0.717, 1.165) is 24.1 Å². The molecular formula is C25H26Cl2N2O4. The van der Waals surface area contributed by atoms with Crippen LogP contribution in [0.1, 0.15) is 43.9 Å². The Labute approximate surface area is 203 Å². The van der Waals surface area contributed by atoms with Crippen molar-refractivity contribution in [2.75, 3.05) is 18.0 Å². The van der Waals surface area contributed by atoms with Gasteiger partial charge in [0, 0.05) is 35.1 Å². The number of hydrogen-bond acceptors (Lipinski definition) is 5. The summed E-state index contributed by atoms with van der Waals surface area (Å²) in [6.45, 7) is 4.96. The maximum Gasteiger partial charge on any atom is 0.239 e. The molecule has 2 aromatic rings. The maximum atomic E-state index is 12.6. The number of anilines is 1. The van der Waals surface area contributed by atoms with Crippen LogP contribution < -0.4 is 9.64 Å². The van der Waals surface area contributed by atoms with Crippen LogP contribution in [-0.4, -0.2) is 47.1 Å². The Morgan fingerprint density at radius 2 is 1.85 bits per heavy atom. The number of carbonyl (C=O) groups is 2. The van der Waals surface area contributed by atoms with Gasteiger partial charge in [0.05, 0.1) is 23.2 Å². The number of imide groups is 1. The summed E-state index contributed by atoms with van der Waals surface area (Å²) in [5, 5.41) is 11.3. The Morgan fingerprint density at radius 1 is 1.12 bits per heavy atom. The van der Waals surface area contributed by atoms with E-state index in [1.807, 2.05) is 6.07 Å². The van der Waals surface area contributed by atoms with Crippen molar-refractivity contribution in [3.05, 3.63) is 57.6 Å². The minimum Gasteiger partial charge on any atom is -0.484 e. The van der Waals surface area contributed by atoms with Gasteiger partial charge in [-0.05, 0) is 54.8 Å². The van der Waals surface area contributed by atoms with Crippen molar-refractivity contribution in [2.24, 2.45) is 5.41 Å². The Morgan fingerprint density at radius 3 is 2.45 bits per heavy atom. The average Bonchev–Trinajstić information content (AvgIpc) is 3.38. The van der Waals surface area contributed by atoms with Gasteiger partial charge >= 0.3 is 0 Å². The Balaban J connectivity index is 1.42. The lowest BCUT2D eigenvalue weighted by atomic mass is 9.92. The number of likely N-dealkylation sites (tertiary alicyclic amines) is 1. The van der Waals surface area contributed by atoms with E-state index in [1.165, 1.54) is 4.90 Å². The van der Waals surface area contributed by atoms with Crippen LogP contribution in [-0.2, 0) is 16.0 Å². The zero-order chi connectivity index (χ0) is 23.5. The van der Waals surface area contributed by atoms with E-state index in [0.29, 0.717) is 34.4 Å². The Bertz CT molecular complexity index is 1120. The minimum atomic E-state index is -0.689. The van der Waals surface area contributed by atoms with E-state index in [2.05, 4.69) is 4.90 Å². The van der Waals surface area contributed by atoms with Crippen LogP contribution in [0.4, 0.5) is 5.69 Å². The monoisotopic (exact) mass is 488 g/mol. The number of halogens is 2. The third-order valence-electron chi connectivity index (χ3n) is 6.91. The highest BCUT2D eigenvalue weighted by Crippen LogP contribution is 2.44. The van der Waals surface area contributed by atoms with Gasteiger partial charge in [-0.3, -0.25) is 19.4 Å². The van der Waals surface area contributed by atoms with Crippen molar-refractivity contribution in [2.45, 2.75) is 51.4 Å². The summed E-state index contributed by atoms with van der Waals surface area (Å²) in [5.74, 6) is 0.235. The van der Waals surface area contributed by atoms with Crippen LogP contribution in [0.25, 0.3) is 0 Å². The first-order valence-electron chi connectivity index (χ1n) is 11.2. The number of fused-ring (bicyclic) bond motifs is 1. The second-order valence-corrected chi connectivity index (χ2v) is 10.6. The molecule has 174 valence electrons. The average molecular weight is 489 g/mol. The lowest BCUT2D eigenvalue weighted by Crippen LogP contribution is -2.39.